The van der Waals surface area contributed by atoms with E-state index in [1.54, 1.807) is 19.4 Å². The zero-order valence-corrected chi connectivity index (χ0v) is 19.8. The summed E-state index contributed by atoms with van der Waals surface area (Å²) in [5.74, 6) is -0.637. The van der Waals surface area contributed by atoms with E-state index in [0.29, 0.717) is 0 Å². The van der Waals surface area contributed by atoms with E-state index in [2.05, 4.69) is 78.8 Å². The standard InChI is InChI=1S/C18H20N2.C5H6O3.CH3.Pd/c1-13-7-5-8-14(2)17(13)19-11-12-20-18-15(3)9-6-10-16(18)4;1-2-3-5(7)8-4-6;;/h5-12H,1-4H3;2-4H,1H3;1H3;/q;;-1;/b;3-2-;;. The maximum Gasteiger partial charge on any atom is 0.337 e. The first-order valence-corrected chi connectivity index (χ1v) is 8.86. The first kappa shape index (κ1) is 29.5. The summed E-state index contributed by atoms with van der Waals surface area (Å²) in [5, 5.41) is 0. The Morgan fingerprint density at radius 2 is 1.20 bits per heavy atom. The monoisotopic (exact) mass is 499 g/mol. The van der Waals surface area contributed by atoms with Gasteiger partial charge in [-0.05, 0) is 56.9 Å². The quantitative estimate of drug-likeness (QED) is 0.100. The van der Waals surface area contributed by atoms with Crippen molar-refractivity contribution in [1.82, 2.24) is 0 Å². The number of carbonyl (C=O) groups excluding carboxylic acids is 2. The third-order valence-corrected chi connectivity index (χ3v) is 3.82. The van der Waals surface area contributed by atoms with Crippen LogP contribution in [0.25, 0.3) is 0 Å². The van der Waals surface area contributed by atoms with Gasteiger partial charge in [0.25, 0.3) is 0 Å². The molecule has 30 heavy (non-hydrogen) atoms. The number of nitrogens with zero attached hydrogens (tertiary/aromatic N) is 2. The van der Waals surface area contributed by atoms with Crippen LogP contribution in [0.4, 0.5) is 11.4 Å². The molecule has 0 radical (unpaired) electrons. The summed E-state index contributed by atoms with van der Waals surface area (Å²) in [6.45, 7) is 10.0. The fraction of sp³-hybridized carbons (Fsp3) is 0.208. The van der Waals surface area contributed by atoms with Gasteiger partial charge in [-0.1, -0.05) is 42.5 Å². The number of esters is 1. The number of benzene rings is 2. The minimum Gasteiger partial charge on any atom is -0.392 e. The second kappa shape index (κ2) is 16.2. The number of rotatable bonds is 5. The first-order valence-electron chi connectivity index (χ1n) is 8.86. The van der Waals surface area contributed by atoms with Crippen LogP contribution < -0.4 is 0 Å². The molecule has 0 saturated carbocycles. The molecule has 0 atom stereocenters. The van der Waals surface area contributed by atoms with E-state index in [4.69, 9.17) is 0 Å². The Bertz CT molecular complexity index is 803. The van der Waals surface area contributed by atoms with Crippen molar-refractivity contribution in [3.05, 3.63) is 78.2 Å². The van der Waals surface area contributed by atoms with E-state index < -0.39 is 5.97 Å². The van der Waals surface area contributed by atoms with E-state index in [1.165, 1.54) is 28.3 Å². The molecule has 0 amide bonds. The minimum atomic E-state index is -0.637. The summed E-state index contributed by atoms with van der Waals surface area (Å²) in [6, 6.07) is 12.4. The van der Waals surface area contributed by atoms with Crippen molar-refractivity contribution in [3.8, 4) is 0 Å². The molecule has 0 bridgehead atoms. The van der Waals surface area contributed by atoms with E-state index in [0.717, 1.165) is 17.5 Å². The number of aryl methyl sites for hydroxylation is 4. The summed E-state index contributed by atoms with van der Waals surface area (Å²) in [6.07, 6.45) is 6.18. The van der Waals surface area contributed by atoms with Gasteiger partial charge in [-0.25, -0.2) is 4.79 Å². The molecule has 0 unspecified atom stereocenters. The zero-order chi connectivity index (χ0) is 20.9. The van der Waals surface area contributed by atoms with Crippen LogP contribution in [0.2, 0.25) is 0 Å². The molecule has 2 aromatic rings. The molecular weight excluding hydrogens is 471 g/mol. The Kier molecular flexibility index (Phi) is 15.9. The van der Waals surface area contributed by atoms with Gasteiger partial charge < -0.3 is 12.2 Å². The molecule has 2 rings (SSSR count). The molecule has 0 spiro atoms. The van der Waals surface area contributed by atoms with Gasteiger partial charge in [0.15, 0.2) is 0 Å². The van der Waals surface area contributed by atoms with Crippen molar-refractivity contribution in [2.24, 2.45) is 9.98 Å². The fourth-order valence-electron chi connectivity index (χ4n) is 2.46. The second-order valence-corrected chi connectivity index (χ2v) is 6.07. The van der Waals surface area contributed by atoms with Crippen LogP contribution in [0.15, 0.2) is 58.5 Å². The van der Waals surface area contributed by atoms with E-state index >= 15 is 0 Å². The van der Waals surface area contributed by atoms with Crippen LogP contribution in [-0.2, 0) is 34.7 Å². The molecule has 0 aliphatic carbocycles. The van der Waals surface area contributed by atoms with E-state index in [1.807, 2.05) is 0 Å². The molecule has 0 aromatic heterocycles. The Labute approximate surface area is 193 Å². The van der Waals surface area contributed by atoms with Crippen molar-refractivity contribution in [2.75, 3.05) is 0 Å². The molecule has 2 aromatic carbocycles. The van der Waals surface area contributed by atoms with E-state index in [-0.39, 0.29) is 34.3 Å². The normalized spacial score (nSPS) is 10.2. The Hall–Kier alpha value is -2.68. The van der Waals surface area contributed by atoms with Crippen molar-refractivity contribution < 1.29 is 34.7 Å². The molecular formula is C24H29N2O3Pd-. The average Bonchev–Trinajstić information content (AvgIpc) is 2.64. The third kappa shape index (κ3) is 10.2. The van der Waals surface area contributed by atoms with Gasteiger partial charge in [-0.3, -0.25) is 14.8 Å². The summed E-state index contributed by atoms with van der Waals surface area (Å²) in [5.41, 5.74) is 6.79. The first-order chi connectivity index (χ1) is 13.4. The summed E-state index contributed by atoms with van der Waals surface area (Å²) in [4.78, 5) is 28.5. The van der Waals surface area contributed by atoms with Crippen LogP contribution in [0.5, 0.6) is 0 Å². The summed E-state index contributed by atoms with van der Waals surface area (Å²) < 4.78 is 3.88. The van der Waals surface area contributed by atoms with Gasteiger partial charge in [0, 0.05) is 38.9 Å². The van der Waals surface area contributed by atoms with Crippen molar-refractivity contribution >= 4 is 36.2 Å². The van der Waals surface area contributed by atoms with Gasteiger partial charge in [-0.2, -0.15) is 0 Å². The van der Waals surface area contributed by atoms with Crippen molar-refractivity contribution in [2.45, 2.75) is 34.6 Å². The van der Waals surface area contributed by atoms with Crippen molar-refractivity contribution in [3.63, 3.8) is 0 Å². The fourth-order valence-corrected chi connectivity index (χ4v) is 2.46. The molecule has 0 aliphatic rings. The van der Waals surface area contributed by atoms with Crippen molar-refractivity contribution in [1.29, 1.82) is 0 Å². The smallest absolute Gasteiger partial charge is 0.337 e. The number of ether oxygens (including phenoxy) is 1. The summed E-state index contributed by atoms with van der Waals surface area (Å²) >= 11 is 0. The number of hydrogen-bond acceptors (Lipinski definition) is 5. The second-order valence-electron chi connectivity index (χ2n) is 6.07. The van der Waals surface area contributed by atoms with Crippen LogP contribution in [0.1, 0.15) is 29.2 Å². The van der Waals surface area contributed by atoms with Gasteiger partial charge >= 0.3 is 12.4 Å². The maximum atomic E-state index is 10.1. The van der Waals surface area contributed by atoms with Crippen LogP contribution >= 0.6 is 0 Å². The molecule has 164 valence electrons. The van der Waals surface area contributed by atoms with Crippen LogP contribution in [-0.4, -0.2) is 24.9 Å². The number of carbonyl (C=O) groups is 2. The number of para-hydroxylation sites is 2. The largest absolute Gasteiger partial charge is 0.392 e. The molecule has 0 aliphatic heterocycles. The van der Waals surface area contributed by atoms with Gasteiger partial charge in [-0.15, -0.1) is 0 Å². The number of hydrogen-bond donors (Lipinski definition) is 0. The van der Waals surface area contributed by atoms with E-state index in [9.17, 15) is 9.59 Å². The van der Waals surface area contributed by atoms with Crippen LogP contribution in [0.3, 0.4) is 0 Å². The zero-order valence-electron chi connectivity index (χ0n) is 18.3. The Morgan fingerprint density at radius 3 is 1.50 bits per heavy atom. The molecule has 0 heterocycles. The van der Waals surface area contributed by atoms with Crippen LogP contribution in [0, 0.1) is 35.1 Å². The number of aliphatic imine (C=N–C) groups is 2. The maximum absolute atomic E-state index is 10.1. The third-order valence-electron chi connectivity index (χ3n) is 3.82. The molecule has 0 N–H and O–H groups in total. The minimum absolute atomic E-state index is 0. The summed E-state index contributed by atoms with van der Waals surface area (Å²) in [7, 11) is 0. The molecule has 6 heteroatoms. The number of allylic oxidation sites excluding steroid dienone is 1. The predicted octanol–water partition coefficient (Wildman–Crippen LogP) is 5.73. The Morgan fingerprint density at radius 1 is 0.833 bits per heavy atom. The molecule has 0 saturated heterocycles. The Balaban J connectivity index is 0. The van der Waals surface area contributed by atoms with Gasteiger partial charge in [0.05, 0.1) is 11.4 Å². The van der Waals surface area contributed by atoms with Gasteiger partial charge in [0.2, 0.25) is 0 Å². The molecule has 5 nitrogen and oxygen atoms in total. The predicted molar refractivity (Wildman–Crippen MR) is 122 cm³/mol. The average molecular weight is 500 g/mol. The van der Waals surface area contributed by atoms with Gasteiger partial charge in [0.1, 0.15) is 0 Å². The topological polar surface area (TPSA) is 68.1 Å². The SMILES string of the molecule is C/C=C\C(=O)OC=O.Cc1cccc(C)c1N=CC=Nc1c(C)cccc1C.[CH3-].[Pd]. The molecule has 0 fully saturated rings.